The van der Waals surface area contributed by atoms with Gasteiger partial charge >= 0.3 is 5.69 Å². The number of nitrogens with one attached hydrogen (secondary N) is 2. The number of piperidine rings is 1. The van der Waals surface area contributed by atoms with E-state index in [1.807, 2.05) is 40.0 Å². The van der Waals surface area contributed by atoms with Gasteiger partial charge in [-0.1, -0.05) is 19.1 Å². The summed E-state index contributed by atoms with van der Waals surface area (Å²) in [5, 5.41) is 2.87. The van der Waals surface area contributed by atoms with E-state index in [1.54, 1.807) is 18.7 Å². The van der Waals surface area contributed by atoms with Gasteiger partial charge in [0.2, 0.25) is 11.8 Å². The molecule has 2 N–H and O–H groups in total. The summed E-state index contributed by atoms with van der Waals surface area (Å²) in [5.41, 5.74) is 1.65. The predicted molar refractivity (Wildman–Crippen MR) is 113 cm³/mol. The predicted octanol–water partition coefficient (Wildman–Crippen LogP) is 2.14. The van der Waals surface area contributed by atoms with Crippen molar-refractivity contribution in [1.29, 1.82) is 0 Å². The lowest BCUT2D eigenvalue weighted by atomic mass is 10.0. The van der Waals surface area contributed by atoms with E-state index in [2.05, 4.69) is 10.3 Å². The Morgan fingerprint density at radius 1 is 1.29 bits per heavy atom. The number of aromatic amines is 1. The van der Waals surface area contributed by atoms with E-state index >= 15 is 0 Å². The van der Waals surface area contributed by atoms with Crippen molar-refractivity contribution < 1.29 is 9.59 Å². The molecule has 0 radical (unpaired) electrons. The van der Waals surface area contributed by atoms with Gasteiger partial charge < -0.3 is 15.2 Å². The SMILES string of the molecule is CCC(=O)NC(CCSC)C(=O)N1CCC(n2c(=O)[nH]c3ccccc32)CC1. The number of imidazole rings is 1. The number of rotatable bonds is 7. The van der Waals surface area contributed by atoms with Crippen molar-refractivity contribution in [2.75, 3.05) is 25.1 Å². The molecule has 152 valence electrons. The van der Waals surface area contributed by atoms with Gasteiger partial charge in [-0.25, -0.2) is 4.79 Å². The van der Waals surface area contributed by atoms with E-state index in [1.165, 1.54) is 0 Å². The van der Waals surface area contributed by atoms with Crippen molar-refractivity contribution in [3.05, 3.63) is 34.7 Å². The topological polar surface area (TPSA) is 87.2 Å². The van der Waals surface area contributed by atoms with Crippen molar-refractivity contribution in [3.63, 3.8) is 0 Å². The maximum atomic E-state index is 13.0. The molecule has 1 atom stereocenters. The summed E-state index contributed by atoms with van der Waals surface area (Å²) in [6.07, 6.45) is 4.45. The highest BCUT2D eigenvalue weighted by atomic mass is 32.2. The van der Waals surface area contributed by atoms with E-state index in [0.29, 0.717) is 25.9 Å². The molecule has 1 unspecified atom stereocenters. The highest BCUT2D eigenvalue weighted by Crippen LogP contribution is 2.25. The van der Waals surface area contributed by atoms with Crippen LogP contribution in [0.5, 0.6) is 0 Å². The van der Waals surface area contributed by atoms with Crippen LogP contribution in [0.1, 0.15) is 38.6 Å². The summed E-state index contributed by atoms with van der Waals surface area (Å²) in [6.45, 7) is 2.97. The van der Waals surface area contributed by atoms with Gasteiger partial charge in [0, 0.05) is 25.6 Å². The molecular formula is C20H28N4O3S. The Morgan fingerprint density at radius 2 is 2.00 bits per heavy atom. The number of hydrogen-bond acceptors (Lipinski definition) is 4. The number of hydrogen-bond donors (Lipinski definition) is 2. The molecule has 0 spiro atoms. The van der Waals surface area contributed by atoms with Crippen LogP contribution in [0, 0.1) is 0 Å². The van der Waals surface area contributed by atoms with Gasteiger partial charge in [0.25, 0.3) is 0 Å². The second-order valence-electron chi connectivity index (χ2n) is 7.13. The smallest absolute Gasteiger partial charge is 0.326 e. The monoisotopic (exact) mass is 404 g/mol. The molecule has 1 fully saturated rings. The van der Waals surface area contributed by atoms with Crippen molar-refractivity contribution in [3.8, 4) is 0 Å². The molecule has 1 saturated heterocycles. The second-order valence-corrected chi connectivity index (χ2v) is 8.11. The van der Waals surface area contributed by atoms with Gasteiger partial charge in [-0.05, 0) is 43.4 Å². The fourth-order valence-corrected chi connectivity index (χ4v) is 4.26. The molecular weight excluding hydrogens is 376 g/mol. The van der Waals surface area contributed by atoms with Gasteiger partial charge in [0.05, 0.1) is 11.0 Å². The minimum atomic E-state index is -0.465. The molecule has 1 aliphatic heterocycles. The first-order valence-corrected chi connectivity index (χ1v) is 11.2. The Kier molecular flexibility index (Phi) is 6.83. The zero-order chi connectivity index (χ0) is 20.1. The minimum Gasteiger partial charge on any atom is -0.344 e. The van der Waals surface area contributed by atoms with E-state index in [-0.39, 0.29) is 23.5 Å². The quantitative estimate of drug-likeness (QED) is 0.740. The molecule has 1 aromatic heterocycles. The summed E-state index contributed by atoms with van der Waals surface area (Å²) in [7, 11) is 0. The number of carbonyl (C=O) groups excluding carboxylic acids is 2. The summed E-state index contributed by atoms with van der Waals surface area (Å²) in [6, 6.07) is 7.29. The standard InChI is InChI=1S/C20H28N4O3S/c1-3-18(25)21-16(10-13-28-2)19(26)23-11-8-14(9-12-23)24-17-7-5-4-6-15(17)22-20(24)27/h4-7,14,16H,3,8-13H2,1-2H3,(H,21,25)(H,22,27). The molecule has 1 aliphatic rings. The third kappa shape index (κ3) is 4.43. The fourth-order valence-electron chi connectivity index (χ4n) is 3.79. The van der Waals surface area contributed by atoms with Gasteiger partial charge in [0.1, 0.15) is 6.04 Å². The summed E-state index contributed by atoms with van der Waals surface area (Å²) >= 11 is 1.67. The van der Waals surface area contributed by atoms with Crippen LogP contribution in [-0.2, 0) is 9.59 Å². The molecule has 0 bridgehead atoms. The Bertz CT molecular complexity index is 883. The average Bonchev–Trinajstić information content (AvgIpc) is 3.06. The number of para-hydroxylation sites is 2. The molecule has 3 rings (SSSR count). The molecule has 0 saturated carbocycles. The van der Waals surface area contributed by atoms with Crippen LogP contribution in [-0.4, -0.2) is 57.4 Å². The highest BCUT2D eigenvalue weighted by Gasteiger charge is 2.30. The largest absolute Gasteiger partial charge is 0.344 e. The van der Waals surface area contributed by atoms with Crippen LogP contribution in [0.3, 0.4) is 0 Å². The first kappa shape index (κ1) is 20.5. The van der Waals surface area contributed by atoms with Crippen molar-refractivity contribution in [2.24, 2.45) is 0 Å². The lowest BCUT2D eigenvalue weighted by Gasteiger charge is -2.34. The van der Waals surface area contributed by atoms with Crippen molar-refractivity contribution in [1.82, 2.24) is 19.8 Å². The Hall–Kier alpha value is -2.22. The van der Waals surface area contributed by atoms with E-state index < -0.39 is 6.04 Å². The molecule has 0 aliphatic carbocycles. The molecule has 2 aromatic rings. The normalized spacial score (nSPS) is 16.3. The molecule has 1 aromatic carbocycles. The van der Waals surface area contributed by atoms with E-state index in [9.17, 15) is 14.4 Å². The van der Waals surface area contributed by atoms with Crippen LogP contribution < -0.4 is 11.0 Å². The number of thioether (sulfide) groups is 1. The number of aromatic nitrogens is 2. The Labute approximate surface area is 168 Å². The molecule has 7 nitrogen and oxygen atoms in total. The van der Waals surface area contributed by atoms with Gasteiger partial charge in [-0.15, -0.1) is 0 Å². The zero-order valence-corrected chi connectivity index (χ0v) is 17.3. The van der Waals surface area contributed by atoms with Gasteiger partial charge in [-0.2, -0.15) is 11.8 Å². The lowest BCUT2D eigenvalue weighted by Crippen LogP contribution is -2.51. The van der Waals surface area contributed by atoms with Crippen LogP contribution in [0.15, 0.2) is 29.1 Å². The number of H-pyrrole nitrogens is 1. The minimum absolute atomic E-state index is 0.0134. The third-order valence-corrected chi connectivity index (χ3v) is 5.97. The van der Waals surface area contributed by atoms with Crippen LogP contribution >= 0.6 is 11.8 Å². The van der Waals surface area contributed by atoms with Crippen molar-refractivity contribution >= 4 is 34.6 Å². The Morgan fingerprint density at radius 3 is 2.68 bits per heavy atom. The van der Waals surface area contributed by atoms with E-state index in [0.717, 1.165) is 29.6 Å². The van der Waals surface area contributed by atoms with Crippen LogP contribution in [0.4, 0.5) is 0 Å². The Balaban J connectivity index is 1.67. The molecule has 28 heavy (non-hydrogen) atoms. The first-order valence-electron chi connectivity index (χ1n) is 9.81. The maximum Gasteiger partial charge on any atom is 0.326 e. The maximum absolute atomic E-state index is 13.0. The fraction of sp³-hybridized carbons (Fsp3) is 0.550. The lowest BCUT2D eigenvalue weighted by molar-refractivity contribution is -0.137. The van der Waals surface area contributed by atoms with E-state index in [4.69, 9.17) is 0 Å². The summed E-state index contributed by atoms with van der Waals surface area (Å²) in [5.74, 6) is 0.710. The average molecular weight is 405 g/mol. The van der Waals surface area contributed by atoms with Crippen molar-refractivity contribution in [2.45, 2.75) is 44.7 Å². The molecule has 2 heterocycles. The molecule has 2 amide bonds. The highest BCUT2D eigenvalue weighted by molar-refractivity contribution is 7.98. The van der Waals surface area contributed by atoms with Gasteiger partial charge in [0.15, 0.2) is 0 Å². The molecule has 8 heteroatoms. The zero-order valence-electron chi connectivity index (χ0n) is 16.4. The number of carbonyl (C=O) groups is 2. The first-order chi connectivity index (χ1) is 13.5. The second kappa shape index (κ2) is 9.32. The summed E-state index contributed by atoms with van der Waals surface area (Å²) in [4.78, 5) is 41.9. The third-order valence-electron chi connectivity index (χ3n) is 5.33. The number of nitrogens with zero attached hydrogens (tertiary/aromatic N) is 2. The van der Waals surface area contributed by atoms with Crippen LogP contribution in [0.2, 0.25) is 0 Å². The van der Waals surface area contributed by atoms with Crippen LogP contribution in [0.25, 0.3) is 11.0 Å². The number of likely N-dealkylation sites (tertiary alicyclic amines) is 1. The summed E-state index contributed by atoms with van der Waals surface area (Å²) < 4.78 is 1.82. The van der Waals surface area contributed by atoms with Gasteiger partial charge in [-0.3, -0.25) is 14.2 Å². The number of benzene rings is 1. The number of fused-ring (bicyclic) bond motifs is 1. The number of amides is 2.